The molecule has 0 spiro atoms. The van der Waals surface area contributed by atoms with Gasteiger partial charge in [0.2, 0.25) is 11.5 Å². The summed E-state index contributed by atoms with van der Waals surface area (Å²) in [5.41, 5.74) is 23.4. The largest absolute Gasteiger partial charge is 0.506 e. The number of rotatable bonds is 10. The van der Waals surface area contributed by atoms with E-state index >= 15 is 0 Å². The molecular formula is C32H35N8O2+. The number of allylic oxidation sites excluding steroid dienone is 5. The smallest absolute Gasteiger partial charge is 0.209 e. The van der Waals surface area contributed by atoms with Crippen LogP contribution in [0.2, 0.25) is 0 Å². The van der Waals surface area contributed by atoms with Gasteiger partial charge in [-0.1, -0.05) is 60.5 Å². The first-order valence-electron chi connectivity index (χ1n) is 14.2. The average molecular weight is 564 g/mol. The lowest BCUT2D eigenvalue weighted by molar-refractivity contribution is -0.437. The minimum absolute atomic E-state index is 0.0124. The molecule has 1 N–H and O–H groups in total. The zero-order valence-electron chi connectivity index (χ0n) is 24.4. The summed E-state index contributed by atoms with van der Waals surface area (Å²) in [6.07, 6.45) is 4.94. The van der Waals surface area contributed by atoms with Crippen LogP contribution in [0.4, 0.5) is 11.4 Å². The molecule has 2 aromatic carbocycles. The molecule has 42 heavy (non-hydrogen) atoms. The number of aliphatic hydroxyl groups is 1. The van der Waals surface area contributed by atoms with Gasteiger partial charge in [-0.05, 0) is 49.0 Å². The van der Waals surface area contributed by atoms with Crippen LogP contribution in [0.1, 0.15) is 51.7 Å². The lowest BCUT2D eigenvalue weighted by atomic mass is 9.77. The molecular weight excluding hydrogens is 528 g/mol. The number of fused-ring (bicyclic) bond motifs is 2. The summed E-state index contributed by atoms with van der Waals surface area (Å²) in [4.78, 5) is 21.5. The molecule has 0 fully saturated rings. The van der Waals surface area contributed by atoms with Gasteiger partial charge in [-0.3, -0.25) is 4.79 Å². The molecule has 0 saturated carbocycles. The van der Waals surface area contributed by atoms with E-state index in [1.165, 1.54) is 0 Å². The summed E-state index contributed by atoms with van der Waals surface area (Å²) in [6, 6.07) is 16.3. The van der Waals surface area contributed by atoms with Crippen LogP contribution in [0.15, 0.2) is 93.5 Å². The first kappa shape index (κ1) is 28.7. The maximum Gasteiger partial charge on any atom is 0.209 e. The number of hydrogen-bond acceptors (Lipinski definition) is 5. The van der Waals surface area contributed by atoms with Crippen molar-refractivity contribution in [3.8, 4) is 0 Å². The molecule has 3 aliphatic rings. The number of aliphatic hydroxyl groups excluding tert-OH is 1. The molecule has 10 nitrogen and oxygen atoms in total. The molecule has 0 bridgehead atoms. The second-order valence-electron chi connectivity index (χ2n) is 11.8. The second kappa shape index (κ2) is 11.2. The summed E-state index contributed by atoms with van der Waals surface area (Å²) in [7, 11) is 0. The Bertz CT molecular complexity index is 1680. The van der Waals surface area contributed by atoms with Crippen molar-refractivity contribution in [1.29, 1.82) is 0 Å². The number of hydrogen-bond donors (Lipinski definition) is 1. The van der Waals surface area contributed by atoms with E-state index in [1.807, 2.05) is 36.4 Å². The van der Waals surface area contributed by atoms with E-state index < -0.39 is 10.8 Å². The summed E-state index contributed by atoms with van der Waals surface area (Å²) in [5.74, 6) is -0.212. The maximum absolute atomic E-state index is 13.6. The normalized spacial score (nSPS) is 19.9. The first-order chi connectivity index (χ1) is 20.1. The Morgan fingerprint density at radius 2 is 1.55 bits per heavy atom. The topological polar surface area (TPSA) is 141 Å². The highest BCUT2D eigenvalue weighted by molar-refractivity contribution is 6.24. The third kappa shape index (κ3) is 4.75. The highest BCUT2D eigenvalue weighted by atomic mass is 16.3. The first-order valence-corrected chi connectivity index (χ1v) is 14.2. The van der Waals surface area contributed by atoms with Crippen LogP contribution in [-0.2, 0) is 15.6 Å². The molecule has 10 heteroatoms. The molecule has 5 rings (SSSR count). The van der Waals surface area contributed by atoms with Crippen LogP contribution in [0, 0.1) is 0 Å². The van der Waals surface area contributed by atoms with Crippen LogP contribution < -0.4 is 4.90 Å². The summed E-state index contributed by atoms with van der Waals surface area (Å²) in [5, 5.41) is 18.6. The van der Waals surface area contributed by atoms with Crippen molar-refractivity contribution in [2.24, 2.45) is 10.2 Å². The molecule has 0 aromatic heterocycles. The van der Waals surface area contributed by atoms with Gasteiger partial charge in [0.05, 0.1) is 16.6 Å². The highest BCUT2D eigenvalue weighted by Gasteiger charge is 2.47. The van der Waals surface area contributed by atoms with E-state index in [9.17, 15) is 9.90 Å². The molecule has 214 valence electrons. The Labute approximate surface area is 245 Å². The minimum atomic E-state index is -0.394. The summed E-state index contributed by atoms with van der Waals surface area (Å²) >= 11 is 0. The average Bonchev–Trinajstić information content (AvgIpc) is 3.33. The number of Topliss-reactive ketones (excluding diaryl/α,β-unsaturated/α-hetero) is 1. The molecule has 0 saturated heterocycles. The summed E-state index contributed by atoms with van der Waals surface area (Å²) < 4.78 is 2.16. The van der Waals surface area contributed by atoms with Crippen LogP contribution >= 0.6 is 0 Å². The van der Waals surface area contributed by atoms with Gasteiger partial charge in [0.25, 0.3) is 0 Å². The molecule has 2 aliphatic heterocycles. The number of azide groups is 2. The van der Waals surface area contributed by atoms with Crippen molar-refractivity contribution < 1.29 is 14.5 Å². The fourth-order valence-corrected chi connectivity index (χ4v) is 6.36. The number of carbonyl (C=O) groups is 1. The van der Waals surface area contributed by atoms with Crippen LogP contribution in [0.25, 0.3) is 20.9 Å². The van der Waals surface area contributed by atoms with Crippen molar-refractivity contribution in [1.82, 2.24) is 0 Å². The Morgan fingerprint density at radius 3 is 2.24 bits per heavy atom. The number of benzene rings is 2. The van der Waals surface area contributed by atoms with Gasteiger partial charge in [0.15, 0.2) is 5.71 Å². The summed E-state index contributed by atoms with van der Waals surface area (Å²) in [6.45, 7) is 10.4. The van der Waals surface area contributed by atoms with Crippen LogP contribution in [0.5, 0.6) is 0 Å². The zero-order valence-corrected chi connectivity index (χ0v) is 24.4. The van der Waals surface area contributed by atoms with Crippen molar-refractivity contribution in [3.05, 3.63) is 115 Å². The molecule has 0 amide bonds. The molecule has 2 aromatic rings. The number of carbonyl (C=O) groups excluding carboxylic acids is 1. The fraction of sp³-hybridized carbons (Fsp3) is 0.375. The van der Waals surface area contributed by atoms with Crippen molar-refractivity contribution in [3.63, 3.8) is 0 Å². The quantitative estimate of drug-likeness (QED) is 0.0800. The van der Waals surface area contributed by atoms with E-state index in [2.05, 4.69) is 81.5 Å². The lowest BCUT2D eigenvalue weighted by Gasteiger charge is -2.29. The Morgan fingerprint density at radius 1 is 0.905 bits per heavy atom. The van der Waals surface area contributed by atoms with Gasteiger partial charge in [0, 0.05) is 70.4 Å². The molecule has 2 heterocycles. The van der Waals surface area contributed by atoms with Crippen molar-refractivity contribution in [2.45, 2.75) is 51.4 Å². The van der Waals surface area contributed by atoms with Crippen molar-refractivity contribution in [2.75, 3.05) is 31.1 Å². The Balaban J connectivity index is 1.54. The molecule has 0 unspecified atom stereocenters. The number of anilines is 1. The number of nitrogens with zero attached hydrogens (tertiary/aromatic N) is 8. The molecule has 0 radical (unpaired) electrons. The zero-order chi connectivity index (χ0) is 30.1. The number of para-hydroxylation sites is 2. The Kier molecular flexibility index (Phi) is 7.69. The minimum Gasteiger partial charge on any atom is -0.506 e. The van der Waals surface area contributed by atoms with E-state index in [0.717, 1.165) is 33.9 Å². The highest BCUT2D eigenvalue weighted by Crippen LogP contribution is 2.49. The van der Waals surface area contributed by atoms with Crippen LogP contribution in [-0.4, -0.2) is 47.4 Å². The second-order valence-corrected chi connectivity index (χ2v) is 11.8. The van der Waals surface area contributed by atoms with Gasteiger partial charge in [-0.25, -0.2) is 0 Å². The van der Waals surface area contributed by atoms with E-state index in [1.54, 1.807) is 0 Å². The lowest BCUT2D eigenvalue weighted by Crippen LogP contribution is -2.32. The molecule has 0 atom stereocenters. The van der Waals surface area contributed by atoms with E-state index in [0.29, 0.717) is 50.2 Å². The monoisotopic (exact) mass is 563 g/mol. The standard InChI is InChI=1S/C32H34N8O2/c1-31(2)23-11-5-7-13-25(23)39(17-9-15-35-37-33)27(31)19-21-29(41)22(30(21)42)20-28-32(3,4)24-12-6-8-14-26(24)40(28)18-10-16-36-38-34/h5-8,11-14,19-20H,9-10,15-18H2,1-4H3/p+1. The predicted octanol–water partition coefficient (Wildman–Crippen LogP) is 7.47. The van der Waals surface area contributed by atoms with Gasteiger partial charge in [-0.2, -0.15) is 4.58 Å². The predicted molar refractivity (Wildman–Crippen MR) is 164 cm³/mol. The van der Waals surface area contributed by atoms with Crippen LogP contribution in [0.3, 0.4) is 0 Å². The maximum atomic E-state index is 13.6. The Hall–Kier alpha value is -4.78. The van der Waals surface area contributed by atoms with Crippen molar-refractivity contribution >= 4 is 22.9 Å². The van der Waals surface area contributed by atoms with Gasteiger partial charge in [0.1, 0.15) is 12.3 Å². The van der Waals surface area contributed by atoms with Gasteiger partial charge in [-0.15, -0.1) is 0 Å². The van der Waals surface area contributed by atoms with Gasteiger partial charge >= 0.3 is 0 Å². The SMILES string of the molecule is CC1(C)C(=CC2=C(O)C(=CC3=[N+](CCCN=[N+]=[N-])c4ccccc4C3(C)C)C2=O)N(CCCN=[N+]=[N-])c2ccccc21. The van der Waals surface area contributed by atoms with E-state index in [-0.39, 0.29) is 11.5 Å². The third-order valence-electron chi connectivity index (χ3n) is 8.57. The molecule has 1 aliphatic carbocycles. The number of ketones is 1. The fourth-order valence-electron chi connectivity index (χ4n) is 6.36. The van der Waals surface area contributed by atoms with E-state index in [4.69, 9.17) is 11.1 Å². The van der Waals surface area contributed by atoms with Gasteiger partial charge < -0.3 is 10.0 Å². The third-order valence-corrected chi connectivity index (χ3v) is 8.57.